The van der Waals surface area contributed by atoms with Crippen LogP contribution in [0, 0.1) is 0 Å². The molecule has 0 aliphatic carbocycles. The van der Waals surface area contributed by atoms with Gasteiger partial charge in [-0.05, 0) is 23.9 Å². The van der Waals surface area contributed by atoms with E-state index in [1.165, 1.54) is 30.5 Å². The molecule has 1 aromatic heterocycles. The van der Waals surface area contributed by atoms with E-state index in [-0.39, 0.29) is 31.7 Å². The fourth-order valence-corrected chi connectivity index (χ4v) is 2.79. The van der Waals surface area contributed by atoms with Crippen molar-refractivity contribution in [3.63, 3.8) is 0 Å². The number of para-hydroxylation sites is 1. The molecule has 140 valence electrons. The molecule has 0 aliphatic rings. The van der Waals surface area contributed by atoms with Crippen LogP contribution in [0.15, 0.2) is 34.3 Å². The van der Waals surface area contributed by atoms with Crippen molar-refractivity contribution in [1.29, 1.82) is 0 Å². The van der Waals surface area contributed by atoms with Gasteiger partial charge in [-0.3, -0.25) is 4.79 Å². The fourth-order valence-electron chi connectivity index (χ4n) is 1.86. The van der Waals surface area contributed by atoms with Crippen molar-refractivity contribution in [3.05, 3.63) is 30.1 Å². The number of hydrogen-bond donors (Lipinski definition) is 0. The van der Waals surface area contributed by atoms with Gasteiger partial charge in [0.1, 0.15) is 19.1 Å². The van der Waals surface area contributed by atoms with Gasteiger partial charge in [-0.25, -0.2) is 9.48 Å². The maximum atomic E-state index is 11.7. The topological polar surface area (TPSA) is 102 Å². The molecule has 0 aliphatic heterocycles. The first-order chi connectivity index (χ1) is 12.5. The number of methoxy groups -OCH3 is 2. The van der Waals surface area contributed by atoms with Crippen molar-refractivity contribution in [1.82, 2.24) is 14.8 Å². The van der Waals surface area contributed by atoms with E-state index in [9.17, 15) is 9.59 Å². The Kier molecular flexibility index (Phi) is 7.42. The molecule has 0 spiro atoms. The molecule has 0 radical (unpaired) electrons. The molecule has 1 aromatic carbocycles. The monoisotopic (exact) mass is 381 g/mol. The number of ether oxygens (including phenoxy) is 4. The van der Waals surface area contributed by atoms with E-state index < -0.39 is 5.97 Å². The second-order valence-electron chi connectivity index (χ2n) is 4.84. The van der Waals surface area contributed by atoms with Gasteiger partial charge in [-0.15, -0.1) is 5.10 Å². The fraction of sp³-hybridized carbons (Fsp3) is 0.375. The van der Waals surface area contributed by atoms with E-state index >= 15 is 0 Å². The van der Waals surface area contributed by atoms with Gasteiger partial charge in [0, 0.05) is 6.92 Å². The van der Waals surface area contributed by atoms with Crippen molar-refractivity contribution >= 4 is 23.7 Å². The van der Waals surface area contributed by atoms with Gasteiger partial charge in [0.05, 0.1) is 25.7 Å². The van der Waals surface area contributed by atoms with Gasteiger partial charge in [-0.2, -0.15) is 4.98 Å². The van der Waals surface area contributed by atoms with Crippen LogP contribution in [0.4, 0.5) is 0 Å². The summed E-state index contributed by atoms with van der Waals surface area (Å²) in [5.41, 5.74) is 0. The highest BCUT2D eigenvalue weighted by Crippen LogP contribution is 2.33. The van der Waals surface area contributed by atoms with Crippen LogP contribution in [0.25, 0.3) is 0 Å². The minimum atomic E-state index is -0.648. The Morgan fingerprint density at radius 1 is 1.19 bits per heavy atom. The third kappa shape index (κ3) is 5.46. The molecule has 10 heteroatoms. The van der Waals surface area contributed by atoms with E-state index in [4.69, 9.17) is 14.2 Å². The molecule has 1 heterocycles. The highest BCUT2D eigenvalue weighted by atomic mass is 32.2. The molecule has 2 aromatic rings. The van der Waals surface area contributed by atoms with Crippen molar-refractivity contribution < 1.29 is 28.5 Å². The second kappa shape index (κ2) is 9.78. The van der Waals surface area contributed by atoms with Gasteiger partial charge >= 0.3 is 11.9 Å². The van der Waals surface area contributed by atoms with Gasteiger partial charge < -0.3 is 18.9 Å². The minimum Gasteiger partial charge on any atom is -0.496 e. The predicted octanol–water partition coefficient (Wildman–Crippen LogP) is 1.76. The zero-order chi connectivity index (χ0) is 18.9. The first-order valence-electron chi connectivity index (χ1n) is 7.60. The third-order valence-corrected chi connectivity index (χ3v) is 4.06. The van der Waals surface area contributed by atoms with E-state index in [0.29, 0.717) is 10.9 Å². The molecular weight excluding hydrogens is 362 g/mol. The van der Waals surface area contributed by atoms with Crippen LogP contribution < -0.4 is 4.74 Å². The Balaban J connectivity index is 2.13. The van der Waals surface area contributed by atoms with Crippen LogP contribution in [0.5, 0.6) is 5.75 Å². The first kappa shape index (κ1) is 19.7. The van der Waals surface area contributed by atoms with Gasteiger partial charge in [0.15, 0.2) is 5.16 Å². The average molecular weight is 381 g/mol. The molecule has 0 atom stereocenters. The normalized spacial score (nSPS) is 10.4. The molecule has 0 saturated carbocycles. The molecule has 0 unspecified atom stereocenters. The number of carbonyl (C=O) groups excluding carboxylic acids is 2. The summed E-state index contributed by atoms with van der Waals surface area (Å²) < 4.78 is 21.6. The maximum absolute atomic E-state index is 11.7. The average Bonchev–Trinajstić information content (AvgIpc) is 3.03. The highest BCUT2D eigenvalue weighted by Gasteiger charge is 2.19. The SMILES string of the molecule is COC(=O)c1nc(Sc2ccccc2OC)n(COCCOC(C)=O)n1. The molecule has 0 saturated heterocycles. The van der Waals surface area contributed by atoms with E-state index in [1.54, 1.807) is 7.11 Å². The number of rotatable bonds is 9. The van der Waals surface area contributed by atoms with Crippen molar-refractivity contribution in [2.45, 2.75) is 23.7 Å². The van der Waals surface area contributed by atoms with Gasteiger partial charge in [0.25, 0.3) is 5.82 Å². The Bertz CT molecular complexity index is 764. The van der Waals surface area contributed by atoms with Crippen LogP contribution in [-0.4, -0.2) is 54.1 Å². The third-order valence-electron chi connectivity index (χ3n) is 3.02. The molecule has 26 heavy (non-hydrogen) atoms. The standard InChI is InChI=1S/C16H19N3O6S/c1-11(20)25-9-8-24-10-19-16(17-14(18-19)15(21)23-3)26-13-7-5-4-6-12(13)22-2/h4-7H,8-10H2,1-3H3. The van der Waals surface area contributed by atoms with Gasteiger partial charge in [-0.1, -0.05) is 12.1 Å². The minimum absolute atomic E-state index is 0.0305. The van der Waals surface area contributed by atoms with Crippen LogP contribution in [0.1, 0.15) is 17.5 Å². The number of aromatic nitrogens is 3. The lowest BCUT2D eigenvalue weighted by Crippen LogP contribution is -2.12. The number of benzene rings is 1. The number of hydrogen-bond acceptors (Lipinski definition) is 9. The lowest BCUT2D eigenvalue weighted by atomic mass is 10.3. The summed E-state index contributed by atoms with van der Waals surface area (Å²) in [6.45, 7) is 1.67. The summed E-state index contributed by atoms with van der Waals surface area (Å²) in [6.07, 6.45) is 0. The molecule has 0 N–H and O–H groups in total. The summed E-state index contributed by atoms with van der Waals surface area (Å²) in [5, 5.41) is 4.53. The number of carbonyl (C=O) groups is 2. The largest absolute Gasteiger partial charge is 0.496 e. The van der Waals surface area contributed by atoms with Crippen LogP contribution in [0.2, 0.25) is 0 Å². The zero-order valence-corrected chi connectivity index (χ0v) is 15.4. The molecule has 0 bridgehead atoms. The Hall–Kier alpha value is -2.59. The second-order valence-corrected chi connectivity index (χ2v) is 5.85. The summed E-state index contributed by atoms with van der Waals surface area (Å²) in [6, 6.07) is 7.40. The van der Waals surface area contributed by atoms with Crippen molar-refractivity contribution in [2.24, 2.45) is 0 Å². The van der Waals surface area contributed by atoms with Crippen molar-refractivity contribution in [2.75, 3.05) is 27.4 Å². The van der Waals surface area contributed by atoms with E-state index in [0.717, 1.165) is 4.90 Å². The Morgan fingerprint density at radius 3 is 2.65 bits per heavy atom. The molecular formula is C16H19N3O6S. The maximum Gasteiger partial charge on any atom is 0.377 e. The van der Waals surface area contributed by atoms with Crippen LogP contribution in [-0.2, 0) is 25.7 Å². The quantitative estimate of drug-likeness (QED) is 0.475. The Labute approximate surface area is 154 Å². The van der Waals surface area contributed by atoms with Crippen LogP contribution in [0.3, 0.4) is 0 Å². The summed E-state index contributed by atoms with van der Waals surface area (Å²) >= 11 is 1.27. The summed E-state index contributed by atoms with van der Waals surface area (Å²) in [7, 11) is 2.83. The lowest BCUT2D eigenvalue weighted by Gasteiger charge is -2.09. The zero-order valence-electron chi connectivity index (χ0n) is 14.6. The molecule has 0 amide bonds. The van der Waals surface area contributed by atoms with Gasteiger partial charge in [0.2, 0.25) is 0 Å². The molecule has 9 nitrogen and oxygen atoms in total. The summed E-state index contributed by atoms with van der Waals surface area (Å²) in [4.78, 5) is 27.5. The molecule has 0 fully saturated rings. The number of nitrogens with zero attached hydrogens (tertiary/aromatic N) is 3. The van der Waals surface area contributed by atoms with E-state index in [2.05, 4.69) is 14.8 Å². The van der Waals surface area contributed by atoms with E-state index in [1.807, 2.05) is 24.3 Å². The summed E-state index contributed by atoms with van der Waals surface area (Å²) in [5.74, 6) is -0.434. The smallest absolute Gasteiger partial charge is 0.377 e. The predicted molar refractivity (Wildman–Crippen MR) is 91.1 cm³/mol. The van der Waals surface area contributed by atoms with Crippen LogP contribution >= 0.6 is 11.8 Å². The number of esters is 2. The Morgan fingerprint density at radius 2 is 1.96 bits per heavy atom. The molecule has 2 rings (SSSR count). The van der Waals surface area contributed by atoms with Crippen molar-refractivity contribution in [3.8, 4) is 5.75 Å². The highest BCUT2D eigenvalue weighted by molar-refractivity contribution is 7.99. The lowest BCUT2D eigenvalue weighted by molar-refractivity contribution is -0.143. The first-order valence-corrected chi connectivity index (χ1v) is 8.42.